The minimum atomic E-state index is -1.64. The second kappa shape index (κ2) is 11.9. The molecule has 0 saturated carbocycles. The van der Waals surface area contributed by atoms with Gasteiger partial charge in [-0.1, -0.05) is 0 Å². The second-order valence-corrected chi connectivity index (χ2v) is 5.98. The third kappa shape index (κ3) is 7.81. The quantitative estimate of drug-likeness (QED) is 0.174. The van der Waals surface area contributed by atoms with Crippen molar-refractivity contribution in [2.45, 2.75) is 49.8 Å². The van der Waals surface area contributed by atoms with Gasteiger partial charge in [-0.2, -0.15) is 0 Å². The van der Waals surface area contributed by atoms with Crippen molar-refractivity contribution in [3.8, 4) is 0 Å². The van der Waals surface area contributed by atoms with Crippen molar-refractivity contribution in [3.63, 3.8) is 0 Å². The fourth-order valence-electron chi connectivity index (χ4n) is 2.21. The Balaban J connectivity index is 2.58. The van der Waals surface area contributed by atoms with Crippen molar-refractivity contribution >= 4 is 5.97 Å². The Morgan fingerprint density at radius 3 is 2.26 bits per heavy atom. The van der Waals surface area contributed by atoms with Crippen molar-refractivity contribution in [1.29, 1.82) is 0 Å². The normalized spacial score (nSPS) is 17.1. The molecule has 1 heterocycles. The number of nitrogens with zero attached hydrogens (tertiary/aromatic N) is 2. The van der Waals surface area contributed by atoms with Gasteiger partial charge in [0.05, 0.1) is 36.9 Å². The average Bonchev–Trinajstić information content (AvgIpc) is 2.66. The summed E-state index contributed by atoms with van der Waals surface area (Å²) in [6.07, 6.45) is -4.23. The third-order valence-electron chi connectivity index (χ3n) is 3.83. The summed E-state index contributed by atoms with van der Waals surface area (Å²) in [6, 6.07) is 0. The molecule has 1 rings (SSSR count). The van der Waals surface area contributed by atoms with Gasteiger partial charge in [0.15, 0.2) is 0 Å². The summed E-state index contributed by atoms with van der Waals surface area (Å²) in [4.78, 5) is 18.3. The van der Waals surface area contributed by atoms with Gasteiger partial charge in [0.2, 0.25) is 0 Å². The molecule has 1 aromatic heterocycles. The number of aromatic nitrogens is 2. The van der Waals surface area contributed by atoms with Gasteiger partial charge in [-0.25, -0.2) is 0 Å². The predicted octanol–water partition coefficient (Wildman–Crippen LogP) is -2.63. The molecule has 0 saturated heterocycles. The molecule has 11 nitrogen and oxygen atoms in total. The summed E-state index contributed by atoms with van der Waals surface area (Å²) in [6.45, 7) is -1.13. The molecule has 7 N–H and O–H groups in total. The average molecular weight is 390 g/mol. The Bertz CT molecular complexity index is 557. The lowest BCUT2D eigenvalue weighted by molar-refractivity contribution is -0.137. The van der Waals surface area contributed by atoms with E-state index in [1.165, 1.54) is 6.20 Å². The Labute approximate surface area is 155 Å². The molecule has 5 atom stereocenters. The Morgan fingerprint density at radius 1 is 1.04 bits per heavy atom. The topological polar surface area (TPSA) is 194 Å². The fourth-order valence-corrected chi connectivity index (χ4v) is 2.21. The number of carboxylic acids is 1. The van der Waals surface area contributed by atoms with Crippen LogP contribution in [0.1, 0.15) is 30.3 Å². The van der Waals surface area contributed by atoms with Crippen LogP contribution in [0, 0.1) is 0 Å². The van der Waals surface area contributed by atoms with Crippen LogP contribution in [-0.2, 0) is 16.0 Å². The number of carboxylic acid groups (broad SMARTS) is 1. The first-order valence-electron chi connectivity index (χ1n) is 8.38. The zero-order valence-corrected chi connectivity index (χ0v) is 14.6. The molecule has 11 heteroatoms. The molecule has 0 fully saturated rings. The predicted molar refractivity (Wildman–Crippen MR) is 89.5 cm³/mol. The van der Waals surface area contributed by atoms with Crippen LogP contribution in [0.3, 0.4) is 0 Å². The van der Waals surface area contributed by atoms with E-state index in [-0.39, 0.29) is 31.6 Å². The molecule has 0 aliphatic heterocycles. The summed E-state index contributed by atoms with van der Waals surface area (Å²) >= 11 is 0. The molecule has 0 aliphatic carbocycles. The molecule has 0 bridgehead atoms. The summed E-state index contributed by atoms with van der Waals surface area (Å²) in [7, 11) is 0. The smallest absolute Gasteiger partial charge is 0.303 e. The van der Waals surface area contributed by atoms with Gasteiger partial charge in [-0.3, -0.25) is 14.8 Å². The number of rotatable bonds is 13. The van der Waals surface area contributed by atoms with E-state index in [9.17, 15) is 30.3 Å². The number of aliphatic carboxylic acids is 1. The largest absolute Gasteiger partial charge is 0.481 e. The van der Waals surface area contributed by atoms with Gasteiger partial charge in [0.25, 0.3) is 0 Å². The summed E-state index contributed by atoms with van der Waals surface area (Å²) in [5.41, 5.74) is 0.292. The van der Waals surface area contributed by atoms with Gasteiger partial charge in [-0.15, -0.1) is 0 Å². The summed E-state index contributed by atoms with van der Waals surface area (Å²) in [5.74, 6) is -0.964. The van der Waals surface area contributed by atoms with Crippen LogP contribution >= 0.6 is 0 Å². The maximum Gasteiger partial charge on any atom is 0.303 e. The first-order chi connectivity index (χ1) is 12.8. The zero-order chi connectivity index (χ0) is 20.4. The van der Waals surface area contributed by atoms with E-state index in [4.69, 9.17) is 14.9 Å². The molecule has 0 radical (unpaired) electrons. The van der Waals surface area contributed by atoms with E-state index >= 15 is 0 Å². The highest BCUT2D eigenvalue weighted by molar-refractivity contribution is 5.66. The molecule has 154 valence electrons. The lowest BCUT2D eigenvalue weighted by atomic mass is 10.1. The standard InChI is InChI=1S/C16H26N2O9/c19-7-12(22)16(26)15(25)10-6-17-9(5-18-10)4-11(21)13(8-20)27-3-1-2-14(23)24/h5-6,11-13,15-16,19-22,25-26H,1-4,7-8H2,(H,23,24)/t11-,12+,13+,15+,16+/m0/s1. The van der Waals surface area contributed by atoms with E-state index < -0.39 is 49.7 Å². The highest BCUT2D eigenvalue weighted by Crippen LogP contribution is 2.17. The van der Waals surface area contributed by atoms with Gasteiger partial charge in [0.1, 0.15) is 24.4 Å². The number of aliphatic hydroxyl groups excluding tert-OH is 6. The molecule has 0 unspecified atom stereocenters. The van der Waals surface area contributed by atoms with Gasteiger partial charge >= 0.3 is 5.97 Å². The van der Waals surface area contributed by atoms with Crippen molar-refractivity contribution < 1.29 is 45.3 Å². The number of ether oxygens (including phenoxy) is 1. The van der Waals surface area contributed by atoms with Crippen LogP contribution in [-0.4, -0.2) is 95.9 Å². The van der Waals surface area contributed by atoms with Gasteiger partial charge < -0.3 is 40.5 Å². The minimum Gasteiger partial charge on any atom is -0.481 e. The lowest BCUT2D eigenvalue weighted by Gasteiger charge is -2.22. The molecule has 0 aromatic carbocycles. The van der Waals surface area contributed by atoms with Crippen LogP contribution in [0.25, 0.3) is 0 Å². The summed E-state index contributed by atoms with van der Waals surface area (Å²) < 4.78 is 5.27. The van der Waals surface area contributed by atoms with Crippen molar-refractivity contribution in [3.05, 3.63) is 23.8 Å². The first-order valence-corrected chi connectivity index (χ1v) is 8.38. The number of hydrogen-bond acceptors (Lipinski definition) is 10. The monoisotopic (exact) mass is 390 g/mol. The molecule has 0 amide bonds. The van der Waals surface area contributed by atoms with Crippen molar-refractivity contribution in [2.24, 2.45) is 0 Å². The highest BCUT2D eigenvalue weighted by atomic mass is 16.5. The fraction of sp³-hybridized carbons (Fsp3) is 0.688. The summed E-state index contributed by atoms with van der Waals surface area (Å²) in [5, 5.41) is 65.6. The van der Waals surface area contributed by atoms with E-state index in [1.807, 2.05) is 0 Å². The second-order valence-electron chi connectivity index (χ2n) is 5.98. The minimum absolute atomic E-state index is 0.0185. The zero-order valence-electron chi connectivity index (χ0n) is 14.6. The van der Waals surface area contributed by atoms with E-state index in [2.05, 4.69) is 9.97 Å². The highest BCUT2D eigenvalue weighted by Gasteiger charge is 2.27. The number of carbonyl (C=O) groups is 1. The third-order valence-corrected chi connectivity index (χ3v) is 3.83. The number of hydrogen-bond donors (Lipinski definition) is 7. The lowest BCUT2D eigenvalue weighted by Crippen LogP contribution is -2.35. The maximum atomic E-state index is 10.4. The van der Waals surface area contributed by atoms with E-state index in [0.717, 1.165) is 6.20 Å². The molecule has 0 aliphatic rings. The Hall–Kier alpha value is -1.73. The molecular formula is C16H26N2O9. The SMILES string of the molecule is O=C(O)CCCO[C@H](CO)[C@@H](O)Cc1cnc([C@@H](O)[C@H](O)[C@H](O)CO)cn1. The number of aliphatic hydroxyl groups is 6. The van der Waals surface area contributed by atoms with Crippen LogP contribution < -0.4 is 0 Å². The van der Waals surface area contributed by atoms with Crippen LogP contribution in [0.15, 0.2) is 12.4 Å². The van der Waals surface area contributed by atoms with E-state index in [0.29, 0.717) is 5.69 Å². The maximum absolute atomic E-state index is 10.4. The first kappa shape index (κ1) is 23.3. The van der Waals surface area contributed by atoms with Crippen molar-refractivity contribution in [1.82, 2.24) is 9.97 Å². The Morgan fingerprint density at radius 2 is 1.74 bits per heavy atom. The molecule has 27 heavy (non-hydrogen) atoms. The Kier molecular flexibility index (Phi) is 10.3. The van der Waals surface area contributed by atoms with Crippen molar-refractivity contribution in [2.75, 3.05) is 19.8 Å². The van der Waals surface area contributed by atoms with E-state index in [1.54, 1.807) is 0 Å². The van der Waals surface area contributed by atoms with Crippen LogP contribution in [0.4, 0.5) is 0 Å². The van der Waals surface area contributed by atoms with Crippen LogP contribution in [0.2, 0.25) is 0 Å². The molecular weight excluding hydrogens is 364 g/mol. The molecule has 0 spiro atoms. The van der Waals surface area contributed by atoms with Crippen LogP contribution in [0.5, 0.6) is 0 Å². The van der Waals surface area contributed by atoms with Gasteiger partial charge in [0, 0.05) is 25.6 Å². The van der Waals surface area contributed by atoms with Gasteiger partial charge in [-0.05, 0) is 6.42 Å². The molecule has 1 aromatic rings.